The Balaban J connectivity index is 1.63. The third kappa shape index (κ3) is 6.71. The molecule has 2 aliphatic rings. The van der Waals surface area contributed by atoms with Crippen molar-refractivity contribution in [2.75, 3.05) is 39.3 Å². The summed E-state index contributed by atoms with van der Waals surface area (Å²) >= 11 is 0. The Bertz CT molecular complexity index is 434. The summed E-state index contributed by atoms with van der Waals surface area (Å²) < 4.78 is 5.81. The van der Waals surface area contributed by atoms with Crippen molar-refractivity contribution in [3.63, 3.8) is 0 Å². The molecule has 2 N–H and O–H groups in total. The van der Waals surface area contributed by atoms with Crippen molar-refractivity contribution >= 4 is 6.03 Å². The smallest absolute Gasteiger partial charge is 0.314 e. The van der Waals surface area contributed by atoms with Gasteiger partial charge >= 0.3 is 6.03 Å². The van der Waals surface area contributed by atoms with E-state index in [1.807, 2.05) is 0 Å². The van der Waals surface area contributed by atoms with Gasteiger partial charge in [-0.05, 0) is 60.4 Å². The predicted molar refractivity (Wildman–Crippen MR) is 107 cm³/mol. The Morgan fingerprint density at radius 3 is 2.46 bits per heavy atom. The molecule has 0 aromatic rings. The second-order valence-corrected chi connectivity index (χ2v) is 8.82. The van der Waals surface area contributed by atoms with Crippen LogP contribution in [-0.2, 0) is 4.74 Å². The van der Waals surface area contributed by atoms with Crippen molar-refractivity contribution in [3.8, 4) is 0 Å². The number of carbonyl (C=O) groups is 1. The molecular weight excluding hydrogens is 328 g/mol. The van der Waals surface area contributed by atoms with Crippen LogP contribution < -0.4 is 10.6 Å². The second-order valence-electron chi connectivity index (χ2n) is 8.82. The standard InChI is InChI=1S/C20H40N4O2/c1-16-9-6-7-11-23(16)12-8-10-21-19(25)22-15-20(4,5)24-13-17(2)26-18(3)14-24/h16-18H,6-15H2,1-5H3,(H2,21,22,25). The number of hydrogen-bond acceptors (Lipinski definition) is 4. The molecule has 2 fully saturated rings. The summed E-state index contributed by atoms with van der Waals surface area (Å²) in [6, 6.07) is 0.635. The highest BCUT2D eigenvalue weighted by atomic mass is 16.5. The number of morpholine rings is 1. The second kappa shape index (κ2) is 9.90. The molecule has 0 aliphatic carbocycles. The maximum atomic E-state index is 12.1. The molecular formula is C20H40N4O2. The lowest BCUT2D eigenvalue weighted by atomic mass is 10.00. The summed E-state index contributed by atoms with van der Waals surface area (Å²) in [7, 11) is 0. The van der Waals surface area contributed by atoms with E-state index in [-0.39, 0.29) is 23.8 Å². The van der Waals surface area contributed by atoms with Crippen LogP contribution in [0.3, 0.4) is 0 Å². The lowest BCUT2D eigenvalue weighted by Crippen LogP contribution is -2.59. The number of amides is 2. The molecule has 2 saturated heterocycles. The van der Waals surface area contributed by atoms with Crippen LogP contribution in [0.15, 0.2) is 0 Å². The molecule has 2 aliphatic heterocycles. The lowest BCUT2D eigenvalue weighted by Gasteiger charge is -2.45. The molecule has 3 atom stereocenters. The minimum absolute atomic E-state index is 0.0564. The van der Waals surface area contributed by atoms with Gasteiger partial charge in [0.1, 0.15) is 0 Å². The number of carbonyl (C=O) groups excluding carboxylic acids is 1. The summed E-state index contributed by atoms with van der Waals surface area (Å²) in [5.41, 5.74) is -0.0765. The molecule has 3 unspecified atom stereocenters. The van der Waals surface area contributed by atoms with Gasteiger partial charge in [-0.15, -0.1) is 0 Å². The summed E-state index contributed by atoms with van der Waals surface area (Å²) in [5.74, 6) is 0. The normalized spacial score (nSPS) is 28.7. The van der Waals surface area contributed by atoms with Crippen molar-refractivity contribution in [3.05, 3.63) is 0 Å². The van der Waals surface area contributed by atoms with Crippen molar-refractivity contribution in [1.82, 2.24) is 20.4 Å². The number of rotatable bonds is 7. The van der Waals surface area contributed by atoms with Crippen LogP contribution in [0, 0.1) is 0 Å². The molecule has 0 spiro atoms. The first-order valence-electron chi connectivity index (χ1n) is 10.4. The highest BCUT2D eigenvalue weighted by Crippen LogP contribution is 2.20. The number of hydrogen-bond donors (Lipinski definition) is 2. The molecule has 0 bridgehead atoms. The first-order valence-corrected chi connectivity index (χ1v) is 10.4. The van der Waals surface area contributed by atoms with Gasteiger partial charge in [0.15, 0.2) is 0 Å². The predicted octanol–water partition coefficient (Wildman–Crippen LogP) is 2.44. The minimum Gasteiger partial charge on any atom is -0.373 e. The van der Waals surface area contributed by atoms with Gasteiger partial charge in [-0.1, -0.05) is 6.42 Å². The van der Waals surface area contributed by atoms with Crippen LogP contribution in [0.1, 0.15) is 60.3 Å². The van der Waals surface area contributed by atoms with Crippen LogP contribution in [0.5, 0.6) is 0 Å². The largest absolute Gasteiger partial charge is 0.373 e. The summed E-state index contributed by atoms with van der Waals surface area (Å²) in [5, 5.41) is 6.06. The maximum absolute atomic E-state index is 12.1. The zero-order chi connectivity index (χ0) is 19.2. The third-order valence-corrected chi connectivity index (χ3v) is 5.81. The fraction of sp³-hybridized carbons (Fsp3) is 0.950. The molecule has 0 saturated carbocycles. The number of urea groups is 1. The van der Waals surface area contributed by atoms with Gasteiger partial charge < -0.3 is 20.3 Å². The van der Waals surface area contributed by atoms with Crippen LogP contribution in [0.25, 0.3) is 0 Å². The summed E-state index contributed by atoms with van der Waals surface area (Å²) in [6.07, 6.45) is 5.47. The van der Waals surface area contributed by atoms with Gasteiger partial charge in [0.25, 0.3) is 0 Å². The molecule has 0 aromatic heterocycles. The number of likely N-dealkylation sites (tertiary alicyclic amines) is 1. The van der Waals surface area contributed by atoms with E-state index in [4.69, 9.17) is 4.74 Å². The molecule has 2 heterocycles. The highest BCUT2D eigenvalue weighted by Gasteiger charge is 2.33. The van der Waals surface area contributed by atoms with Gasteiger partial charge in [-0.3, -0.25) is 4.90 Å². The Labute approximate surface area is 160 Å². The Kier molecular flexibility index (Phi) is 8.17. The number of nitrogens with one attached hydrogen (secondary N) is 2. The van der Waals surface area contributed by atoms with Gasteiger partial charge in [0.05, 0.1) is 12.2 Å². The molecule has 0 aromatic carbocycles. The molecule has 2 rings (SSSR count). The molecule has 6 heteroatoms. The fourth-order valence-corrected chi connectivity index (χ4v) is 4.12. The fourth-order valence-electron chi connectivity index (χ4n) is 4.12. The van der Waals surface area contributed by atoms with Gasteiger partial charge in [0, 0.05) is 44.3 Å². The van der Waals surface area contributed by atoms with Crippen molar-refractivity contribution in [1.29, 1.82) is 0 Å². The topological polar surface area (TPSA) is 56.8 Å². The molecule has 26 heavy (non-hydrogen) atoms. The first kappa shape index (κ1) is 21.5. The Morgan fingerprint density at radius 1 is 1.12 bits per heavy atom. The average molecular weight is 369 g/mol. The number of nitrogens with zero attached hydrogens (tertiary/aromatic N) is 2. The van der Waals surface area contributed by atoms with Crippen LogP contribution in [-0.4, -0.2) is 78.9 Å². The van der Waals surface area contributed by atoms with Crippen molar-refractivity contribution in [2.45, 2.75) is 84.1 Å². The van der Waals surface area contributed by atoms with E-state index in [2.05, 4.69) is 55.1 Å². The first-order chi connectivity index (χ1) is 12.3. The van der Waals surface area contributed by atoms with E-state index in [0.29, 0.717) is 12.6 Å². The van der Waals surface area contributed by atoms with Crippen molar-refractivity contribution < 1.29 is 9.53 Å². The molecule has 0 radical (unpaired) electrons. The Hall–Kier alpha value is -0.850. The zero-order valence-electron chi connectivity index (χ0n) is 17.5. The SMILES string of the molecule is CC1CN(C(C)(C)CNC(=O)NCCCN2CCCCC2C)CC(C)O1. The maximum Gasteiger partial charge on any atom is 0.314 e. The van der Waals surface area contributed by atoms with Crippen LogP contribution in [0.4, 0.5) is 4.79 Å². The van der Waals surface area contributed by atoms with E-state index in [1.165, 1.54) is 25.8 Å². The third-order valence-electron chi connectivity index (χ3n) is 5.81. The molecule has 2 amide bonds. The Morgan fingerprint density at radius 2 is 1.81 bits per heavy atom. The number of piperidine rings is 1. The van der Waals surface area contributed by atoms with Gasteiger partial charge in [0.2, 0.25) is 0 Å². The summed E-state index contributed by atoms with van der Waals surface area (Å²) in [6.45, 7) is 16.4. The zero-order valence-corrected chi connectivity index (χ0v) is 17.5. The number of ether oxygens (including phenoxy) is 1. The average Bonchev–Trinajstić information content (AvgIpc) is 2.57. The van der Waals surface area contributed by atoms with E-state index < -0.39 is 0 Å². The molecule has 152 valence electrons. The lowest BCUT2D eigenvalue weighted by molar-refractivity contribution is -0.0947. The van der Waals surface area contributed by atoms with Crippen molar-refractivity contribution in [2.24, 2.45) is 0 Å². The van der Waals surface area contributed by atoms with Crippen LogP contribution >= 0.6 is 0 Å². The van der Waals surface area contributed by atoms with Gasteiger partial charge in [-0.2, -0.15) is 0 Å². The molecule has 6 nitrogen and oxygen atoms in total. The van der Waals surface area contributed by atoms with E-state index in [9.17, 15) is 4.79 Å². The summed E-state index contributed by atoms with van der Waals surface area (Å²) in [4.78, 5) is 17.1. The highest BCUT2D eigenvalue weighted by molar-refractivity contribution is 5.73. The van der Waals surface area contributed by atoms with E-state index in [0.717, 1.165) is 32.6 Å². The van der Waals surface area contributed by atoms with E-state index >= 15 is 0 Å². The quantitative estimate of drug-likeness (QED) is 0.678. The van der Waals surface area contributed by atoms with Crippen LogP contribution in [0.2, 0.25) is 0 Å². The van der Waals surface area contributed by atoms with E-state index in [1.54, 1.807) is 0 Å². The minimum atomic E-state index is -0.0765. The monoisotopic (exact) mass is 368 g/mol. The van der Waals surface area contributed by atoms with Gasteiger partial charge in [-0.25, -0.2) is 4.79 Å².